The van der Waals surface area contributed by atoms with Gasteiger partial charge in [0.15, 0.2) is 10.8 Å². The van der Waals surface area contributed by atoms with Crippen LogP contribution in [0, 0.1) is 11.2 Å². The fourth-order valence-electron chi connectivity index (χ4n) is 3.66. The van der Waals surface area contributed by atoms with Gasteiger partial charge < -0.3 is 15.3 Å². The molecule has 7 nitrogen and oxygen atoms in total. The Hall–Kier alpha value is -3.52. The van der Waals surface area contributed by atoms with Gasteiger partial charge in [0, 0.05) is 29.3 Å². The highest BCUT2D eigenvalue weighted by Gasteiger charge is 2.20. The molecule has 0 unspecified atom stereocenters. The molecule has 0 atom stereocenters. The number of nitrogens with one attached hydrogen (secondary N) is 1. The smallest absolute Gasteiger partial charge is 0.199 e. The van der Waals surface area contributed by atoms with Gasteiger partial charge in [0.25, 0.3) is 0 Å². The number of hydrogen-bond donors (Lipinski definition) is 2. The number of aliphatic hydroxyl groups is 1. The van der Waals surface area contributed by atoms with Gasteiger partial charge >= 0.3 is 0 Å². The van der Waals surface area contributed by atoms with Gasteiger partial charge in [0.05, 0.1) is 23.9 Å². The Labute approximate surface area is 182 Å². The minimum atomic E-state index is -0.331. The van der Waals surface area contributed by atoms with Crippen molar-refractivity contribution in [1.82, 2.24) is 19.6 Å². The summed E-state index contributed by atoms with van der Waals surface area (Å²) in [7, 11) is 1.51. The molecule has 0 fully saturated rings. The van der Waals surface area contributed by atoms with Crippen LogP contribution >= 0.6 is 11.6 Å². The third kappa shape index (κ3) is 3.70. The highest BCUT2D eigenvalue weighted by atomic mass is 35.5. The van der Waals surface area contributed by atoms with Crippen LogP contribution in [-0.4, -0.2) is 37.5 Å². The van der Waals surface area contributed by atoms with Gasteiger partial charge in [-0.25, -0.2) is 9.37 Å². The number of halogens is 2. The number of aromatic nitrogens is 4. The molecule has 2 aromatic heterocycles. The van der Waals surface area contributed by atoms with E-state index >= 15 is 0 Å². The van der Waals surface area contributed by atoms with E-state index in [1.165, 1.54) is 26.2 Å². The molecule has 0 spiro atoms. The molecule has 0 radical (unpaired) electrons. The zero-order valence-electron chi connectivity index (χ0n) is 17.1. The average molecular weight is 440 g/mol. The van der Waals surface area contributed by atoms with Crippen LogP contribution in [0.2, 0.25) is 5.15 Å². The molecule has 2 N–H and O–H groups in total. The Morgan fingerprint density at radius 1 is 1.23 bits per heavy atom. The van der Waals surface area contributed by atoms with Crippen LogP contribution in [0.3, 0.4) is 0 Å². The van der Waals surface area contributed by atoms with Crippen LogP contribution < -0.4 is 4.74 Å². The molecule has 9 heteroatoms. The summed E-state index contributed by atoms with van der Waals surface area (Å²) in [5, 5.41) is 26.7. The first-order chi connectivity index (χ1) is 14.8. The maximum atomic E-state index is 13.6. The van der Waals surface area contributed by atoms with Crippen LogP contribution in [0.1, 0.15) is 30.8 Å². The third-order valence-corrected chi connectivity index (χ3v) is 5.18. The van der Waals surface area contributed by atoms with Crippen molar-refractivity contribution in [3.63, 3.8) is 0 Å². The van der Waals surface area contributed by atoms with Gasteiger partial charge in [-0.2, -0.15) is 0 Å². The van der Waals surface area contributed by atoms with E-state index in [0.29, 0.717) is 45.8 Å². The summed E-state index contributed by atoms with van der Waals surface area (Å²) < 4.78 is 21.0. The van der Waals surface area contributed by atoms with Crippen LogP contribution in [-0.2, 0) is 6.42 Å². The largest absolute Gasteiger partial charge is 0.512 e. The lowest BCUT2D eigenvalue weighted by atomic mass is 9.99. The Bertz CT molecular complexity index is 1380. The number of benzene rings is 2. The first kappa shape index (κ1) is 20.7. The first-order valence-electron chi connectivity index (χ1n) is 9.41. The molecule has 2 heterocycles. The number of ether oxygens (including phenoxy) is 1. The molecule has 4 rings (SSSR count). The molecule has 0 aliphatic carbocycles. The van der Waals surface area contributed by atoms with E-state index in [2.05, 4.69) is 15.2 Å². The predicted octanol–water partition coefficient (Wildman–Crippen LogP) is 5.00. The van der Waals surface area contributed by atoms with E-state index in [4.69, 9.17) is 21.7 Å². The minimum absolute atomic E-state index is 0.00610. The molecule has 0 bridgehead atoms. The quantitative estimate of drug-likeness (QED) is 0.337. The van der Waals surface area contributed by atoms with Crippen LogP contribution in [0.4, 0.5) is 4.39 Å². The average Bonchev–Trinajstić information content (AvgIpc) is 3.12. The van der Waals surface area contributed by atoms with Crippen molar-refractivity contribution in [3.05, 3.63) is 70.1 Å². The summed E-state index contributed by atoms with van der Waals surface area (Å²) in [6, 6.07) is 9.72. The van der Waals surface area contributed by atoms with Gasteiger partial charge in [0.2, 0.25) is 0 Å². The summed E-state index contributed by atoms with van der Waals surface area (Å²) in [5.74, 6) is 0.664. The summed E-state index contributed by atoms with van der Waals surface area (Å²) in [6.45, 7) is 3.09. The van der Waals surface area contributed by atoms with E-state index in [1.807, 2.05) is 6.07 Å². The van der Waals surface area contributed by atoms with Gasteiger partial charge in [-0.3, -0.25) is 4.40 Å². The SMILES string of the molecule is COc1cc2c(cc1/C(C(C)=N)=C(\C)O)nc(Cl)c1nnc(Cc3cccc(F)c3)n12. The van der Waals surface area contributed by atoms with Crippen molar-refractivity contribution < 1.29 is 14.2 Å². The van der Waals surface area contributed by atoms with E-state index in [-0.39, 0.29) is 22.4 Å². The fourth-order valence-corrected chi connectivity index (χ4v) is 3.88. The second-order valence-corrected chi connectivity index (χ2v) is 7.47. The summed E-state index contributed by atoms with van der Waals surface area (Å²) in [5.41, 5.74) is 3.29. The Balaban J connectivity index is 2.00. The highest BCUT2D eigenvalue weighted by molar-refractivity contribution is 6.32. The maximum absolute atomic E-state index is 13.6. The second-order valence-electron chi connectivity index (χ2n) is 7.11. The minimum Gasteiger partial charge on any atom is -0.512 e. The standard InChI is InChI=1S/C22H19ClFN5O2/c1-11(25)20(12(2)30)15-9-16-17(10-18(15)31-3)29-19(27-28-22(29)21(23)26-16)8-13-5-4-6-14(24)7-13/h4-7,9-10,25,30H,8H2,1-3H3/b20-12+,25-11?. The lowest BCUT2D eigenvalue weighted by Gasteiger charge is -2.15. The van der Waals surface area contributed by atoms with Crippen molar-refractivity contribution in [1.29, 1.82) is 5.41 Å². The normalized spacial score (nSPS) is 12.3. The van der Waals surface area contributed by atoms with Crippen molar-refractivity contribution in [2.75, 3.05) is 7.11 Å². The predicted molar refractivity (Wildman–Crippen MR) is 118 cm³/mol. The van der Waals surface area contributed by atoms with Gasteiger partial charge in [-0.05, 0) is 37.6 Å². The van der Waals surface area contributed by atoms with Gasteiger partial charge in [0.1, 0.15) is 17.4 Å². The number of allylic oxidation sites excluding steroid dienone is 2. The summed E-state index contributed by atoms with van der Waals surface area (Å²) in [6.07, 6.45) is 0.332. The van der Waals surface area contributed by atoms with E-state index < -0.39 is 0 Å². The third-order valence-electron chi connectivity index (χ3n) is 4.93. The highest BCUT2D eigenvalue weighted by Crippen LogP contribution is 2.34. The topological polar surface area (TPSA) is 96.4 Å². The zero-order valence-corrected chi connectivity index (χ0v) is 17.8. The number of nitrogens with zero attached hydrogens (tertiary/aromatic N) is 4. The fraction of sp³-hybridized carbons (Fsp3) is 0.182. The molecule has 4 aromatic rings. The molecule has 31 heavy (non-hydrogen) atoms. The van der Waals surface area contributed by atoms with Gasteiger partial charge in [-0.1, -0.05) is 23.7 Å². The molecule has 0 saturated heterocycles. The summed E-state index contributed by atoms with van der Waals surface area (Å²) in [4.78, 5) is 4.43. The molecule has 0 amide bonds. The van der Waals surface area contributed by atoms with Crippen LogP contribution in [0.5, 0.6) is 5.75 Å². The lowest BCUT2D eigenvalue weighted by molar-refractivity contribution is 0.409. The number of fused-ring (bicyclic) bond motifs is 3. The van der Waals surface area contributed by atoms with Crippen LogP contribution in [0.15, 0.2) is 42.2 Å². The number of aliphatic hydroxyl groups excluding tert-OH is 1. The van der Waals surface area contributed by atoms with Crippen molar-refractivity contribution in [3.8, 4) is 5.75 Å². The van der Waals surface area contributed by atoms with Gasteiger partial charge in [-0.15, -0.1) is 10.2 Å². The molecular weight excluding hydrogens is 421 g/mol. The maximum Gasteiger partial charge on any atom is 0.199 e. The van der Waals surface area contributed by atoms with E-state index in [0.717, 1.165) is 5.56 Å². The molecule has 0 saturated carbocycles. The van der Waals surface area contributed by atoms with E-state index in [9.17, 15) is 9.50 Å². The van der Waals surface area contributed by atoms with E-state index in [1.54, 1.807) is 29.5 Å². The lowest BCUT2D eigenvalue weighted by Crippen LogP contribution is -2.04. The zero-order chi connectivity index (χ0) is 22.3. The number of rotatable bonds is 5. The Morgan fingerprint density at radius 3 is 2.65 bits per heavy atom. The molecular formula is C22H19ClFN5O2. The monoisotopic (exact) mass is 439 g/mol. The Morgan fingerprint density at radius 2 is 2.00 bits per heavy atom. The molecule has 0 aliphatic heterocycles. The van der Waals surface area contributed by atoms with Crippen molar-refractivity contribution in [2.45, 2.75) is 20.3 Å². The van der Waals surface area contributed by atoms with Crippen molar-refractivity contribution >= 4 is 39.6 Å². The Kier molecular flexibility index (Phi) is 5.32. The first-order valence-corrected chi connectivity index (χ1v) is 9.79. The number of methoxy groups -OCH3 is 1. The number of hydrogen-bond acceptors (Lipinski definition) is 6. The second kappa shape index (κ2) is 7.96. The molecule has 158 valence electrons. The molecule has 0 aliphatic rings. The van der Waals surface area contributed by atoms with Crippen LogP contribution in [0.25, 0.3) is 22.3 Å². The van der Waals surface area contributed by atoms with Crippen molar-refractivity contribution in [2.24, 2.45) is 0 Å². The summed E-state index contributed by atoms with van der Waals surface area (Å²) >= 11 is 6.38. The molecule has 2 aromatic carbocycles.